The number of carbonyl (C=O) groups is 2. The van der Waals surface area contributed by atoms with Crippen molar-refractivity contribution in [2.75, 3.05) is 4.90 Å². The zero-order valence-electron chi connectivity index (χ0n) is 17.7. The fourth-order valence-electron chi connectivity index (χ4n) is 4.14. The van der Waals surface area contributed by atoms with Crippen molar-refractivity contribution in [3.63, 3.8) is 0 Å². The van der Waals surface area contributed by atoms with Crippen LogP contribution in [0.15, 0.2) is 29.6 Å². The van der Waals surface area contributed by atoms with E-state index in [1.54, 1.807) is 13.8 Å². The van der Waals surface area contributed by atoms with E-state index in [0.29, 0.717) is 11.5 Å². The second-order valence-corrected chi connectivity index (χ2v) is 9.35. The normalized spacial score (nSPS) is 19.5. The number of aromatic carboxylic acids is 1. The van der Waals surface area contributed by atoms with Crippen LogP contribution in [0.1, 0.15) is 61.7 Å². The topological polar surface area (TPSA) is 57.6 Å². The average Bonchev–Trinajstić information content (AvgIpc) is 3.12. The van der Waals surface area contributed by atoms with Crippen LogP contribution < -0.4 is 4.90 Å². The minimum atomic E-state index is -4.52. The number of hydrogen-bond acceptors (Lipinski definition) is 3. The molecule has 31 heavy (non-hydrogen) atoms. The molecule has 3 rings (SSSR count). The third-order valence-electron chi connectivity index (χ3n) is 5.82. The molecule has 2 aromatic rings. The fourth-order valence-corrected chi connectivity index (χ4v) is 5.04. The molecule has 1 fully saturated rings. The zero-order valence-corrected chi connectivity index (χ0v) is 18.5. The van der Waals surface area contributed by atoms with Crippen molar-refractivity contribution in [3.8, 4) is 11.1 Å². The molecule has 1 N–H and O–H groups in total. The van der Waals surface area contributed by atoms with Gasteiger partial charge in [0.2, 0.25) is 5.91 Å². The van der Waals surface area contributed by atoms with Gasteiger partial charge < -0.3 is 10.0 Å². The molecule has 1 aliphatic rings. The van der Waals surface area contributed by atoms with Gasteiger partial charge in [-0.05, 0) is 63.1 Å². The second-order valence-electron chi connectivity index (χ2n) is 8.47. The lowest BCUT2D eigenvalue weighted by atomic mass is 9.82. The highest BCUT2D eigenvalue weighted by molar-refractivity contribution is 7.13. The fraction of sp³-hybridized carbons (Fsp3) is 0.478. The van der Waals surface area contributed by atoms with E-state index in [2.05, 4.69) is 6.92 Å². The third-order valence-corrected chi connectivity index (χ3v) is 6.78. The number of rotatable bonds is 5. The summed E-state index contributed by atoms with van der Waals surface area (Å²) in [5.41, 5.74) is -0.0535. The average molecular weight is 454 g/mol. The minimum absolute atomic E-state index is 0.0429. The lowest BCUT2D eigenvalue weighted by Crippen LogP contribution is -2.42. The van der Waals surface area contributed by atoms with Crippen molar-refractivity contribution >= 4 is 28.9 Å². The Labute approximate surface area is 183 Å². The first-order chi connectivity index (χ1) is 14.5. The summed E-state index contributed by atoms with van der Waals surface area (Å²) in [7, 11) is 0. The summed E-state index contributed by atoms with van der Waals surface area (Å²) >= 11 is 0.928. The quantitative estimate of drug-likeness (QED) is 0.548. The Kier molecular flexibility index (Phi) is 6.79. The molecule has 0 unspecified atom stereocenters. The second kappa shape index (κ2) is 9.02. The first-order valence-corrected chi connectivity index (χ1v) is 11.2. The lowest BCUT2D eigenvalue weighted by molar-refractivity contribution is -0.137. The largest absolute Gasteiger partial charge is 0.477 e. The van der Waals surface area contributed by atoms with Gasteiger partial charge in [0.1, 0.15) is 4.88 Å². The summed E-state index contributed by atoms with van der Waals surface area (Å²) in [5.74, 6) is -1.02. The van der Waals surface area contributed by atoms with Gasteiger partial charge in [0.25, 0.3) is 0 Å². The van der Waals surface area contributed by atoms with Crippen molar-refractivity contribution in [2.45, 2.75) is 58.7 Å². The van der Waals surface area contributed by atoms with Crippen LogP contribution in [0.2, 0.25) is 0 Å². The summed E-state index contributed by atoms with van der Waals surface area (Å²) in [6, 6.07) is 4.44. The van der Waals surface area contributed by atoms with Crippen LogP contribution in [-0.4, -0.2) is 23.0 Å². The molecule has 0 spiro atoms. The monoisotopic (exact) mass is 453 g/mol. The van der Waals surface area contributed by atoms with E-state index >= 15 is 0 Å². The first kappa shape index (κ1) is 23.3. The molecular weight excluding hydrogens is 427 g/mol. The molecule has 0 atom stereocenters. The summed E-state index contributed by atoms with van der Waals surface area (Å²) in [6.45, 7) is 5.74. The van der Waals surface area contributed by atoms with E-state index in [-0.39, 0.29) is 34.0 Å². The molecular formula is C23H26F3NO3S. The minimum Gasteiger partial charge on any atom is -0.477 e. The Morgan fingerprint density at radius 3 is 2.35 bits per heavy atom. The van der Waals surface area contributed by atoms with Gasteiger partial charge >= 0.3 is 12.1 Å². The maximum Gasteiger partial charge on any atom is 0.416 e. The molecule has 0 aliphatic heterocycles. The van der Waals surface area contributed by atoms with Gasteiger partial charge in [0.05, 0.1) is 11.3 Å². The number of amides is 1. The lowest BCUT2D eigenvalue weighted by Gasteiger charge is -2.34. The Hall–Kier alpha value is -2.35. The van der Waals surface area contributed by atoms with E-state index < -0.39 is 17.7 Å². The van der Waals surface area contributed by atoms with Crippen LogP contribution in [0.4, 0.5) is 18.9 Å². The molecule has 1 aromatic carbocycles. The third kappa shape index (κ3) is 4.95. The van der Waals surface area contributed by atoms with E-state index in [9.17, 15) is 27.9 Å². The summed E-state index contributed by atoms with van der Waals surface area (Å²) in [6.07, 6.45) is -1.20. The maximum absolute atomic E-state index is 13.5. The summed E-state index contributed by atoms with van der Waals surface area (Å²) in [5, 5.41) is 11.3. The SMILES string of the molecule is CC1CCC(C(=O)N(c2c(-c3cccc(C(F)(F)F)c3)csc2C(=O)O)C(C)C)CC1. The molecule has 4 nitrogen and oxygen atoms in total. The number of carboxylic acids is 1. The molecule has 1 heterocycles. The van der Waals surface area contributed by atoms with E-state index in [1.807, 2.05) is 0 Å². The van der Waals surface area contributed by atoms with Crippen molar-refractivity contribution in [2.24, 2.45) is 11.8 Å². The number of carbonyl (C=O) groups excluding carboxylic acids is 1. The zero-order chi connectivity index (χ0) is 22.9. The summed E-state index contributed by atoms with van der Waals surface area (Å²) in [4.78, 5) is 26.9. The molecule has 1 saturated carbocycles. The van der Waals surface area contributed by atoms with Gasteiger partial charge in [-0.2, -0.15) is 13.2 Å². The maximum atomic E-state index is 13.5. The molecule has 0 bridgehead atoms. The van der Waals surface area contributed by atoms with Gasteiger partial charge in [0, 0.05) is 22.9 Å². The molecule has 1 aromatic heterocycles. The van der Waals surface area contributed by atoms with Crippen LogP contribution in [0.25, 0.3) is 11.1 Å². The van der Waals surface area contributed by atoms with Gasteiger partial charge in [0.15, 0.2) is 0 Å². The van der Waals surface area contributed by atoms with E-state index in [4.69, 9.17) is 0 Å². The van der Waals surface area contributed by atoms with Gasteiger partial charge in [-0.1, -0.05) is 19.1 Å². The van der Waals surface area contributed by atoms with Crippen LogP contribution in [0.3, 0.4) is 0 Å². The predicted octanol–water partition coefficient (Wildman–Crippen LogP) is 6.70. The highest BCUT2D eigenvalue weighted by Crippen LogP contribution is 2.43. The standard InChI is InChI=1S/C23H26F3NO3S/c1-13(2)27(21(28)15-9-7-14(3)8-10-15)19-18(12-31-20(19)22(29)30)16-5-4-6-17(11-16)23(24,25)26/h4-6,11-15H,7-10H2,1-3H3,(H,29,30). The summed E-state index contributed by atoms with van der Waals surface area (Å²) < 4.78 is 39.8. The van der Waals surface area contributed by atoms with E-state index in [0.717, 1.165) is 49.2 Å². The number of anilines is 1. The van der Waals surface area contributed by atoms with Crippen molar-refractivity contribution < 1.29 is 27.9 Å². The Bertz CT molecular complexity index is 959. The number of benzene rings is 1. The van der Waals surface area contributed by atoms with Crippen LogP contribution >= 0.6 is 11.3 Å². The Balaban J connectivity index is 2.11. The van der Waals surface area contributed by atoms with Gasteiger partial charge in [-0.25, -0.2) is 4.79 Å². The van der Waals surface area contributed by atoms with Gasteiger partial charge in [-0.3, -0.25) is 4.79 Å². The van der Waals surface area contributed by atoms with Crippen LogP contribution in [0.5, 0.6) is 0 Å². The van der Waals surface area contributed by atoms with Crippen molar-refractivity contribution in [1.29, 1.82) is 0 Å². The van der Waals surface area contributed by atoms with Crippen LogP contribution in [-0.2, 0) is 11.0 Å². The van der Waals surface area contributed by atoms with Crippen molar-refractivity contribution in [1.82, 2.24) is 0 Å². The molecule has 168 valence electrons. The number of nitrogens with zero attached hydrogens (tertiary/aromatic N) is 1. The molecule has 0 radical (unpaired) electrons. The Morgan fingerprint density at radius 1 is 1.16 bits per heavy atom. The van der Waals surface area contributed by atoms with E-state index in [1.165, 1.54) is 22.4 Å². The van der Waals surface area contributed by atoms with Crippen LogP contribution in [0, 0.1) is 11.8 Å². The number of halogens is 3. The molecule has 1 aliphatic carbocycles. The number of carboxylic acid groups (broad SMARTS) is 1. The van der Waals surface area contributed by atoms with Gasteiger partial charge in [-0.15, -0.1) is 11.3 Å². The smallest absolute Gasteiger partial charge is 0.416 e. The molecule has 8 heteroatoms. The molecule has 0 saturated heterocycles. The highest BCUT2D eigenvalue weighted by atomic mass is 32.1. The predicted molar refractivity (Wildman–Crippen MR) is 115 cm³/mol. The number of hydrogen-bond donors (Lipinski definition) is 1. The number of alkyl halides is 3. The first-order valence-electron chi connectivity index (χ1n) is 10.4. The highest BCUT2D eigenvalue weighted by Gasteiger charge is 2.35. The Morgan fingerprint density at radius 2 is 1.81 bits per heavy atom. The molecule has 1 amide bonds. The number of thiophene rings is 1. The van der Waals surface area contributed by atoms with Crippen molar-refractivity contribution in [3.05, 3.63) is 40.1 Å².